The molecule has 6 nitrogen and oxygen atoms in total. The molecular weight excluding hydrogens is 306 g/mol. The molecule has 1 fully saturated rings. The van der Waals surface area contributed by atoms with Crippen LogP contribution in [-0.4, -0.2) is 60.8 Å². The predicted molar refractivity (Wildman–Crippen MR) is 90.5 cm³/mol. The molecule has 0 N–H and O–H groups in total. The number of methoxy groups -OCH3 is 1. The van der Waals surface area contributed by atoms with Crippen molar-refractivity contribution in [2.24, 2.45) is 11.0 Å². The Morgan fingerprint density at radius 3 is 2.54 bits per heavy atom. The maximum absolute atomic E-state index is 12.4. The minimum Gasteiger partial charge on any atom is -0.469 e. The summed E-state index contributed by atoms with van der Waals surface area (Å²) in [6, 6.07) is 9.97. The third kappa shape index (κ3) is 3.82. The molecule has 0 radical (unpaired) electrons. The van der Waals surface area contributed by atoms with Crippen molar-refractivity contribution in [1.82, 2.24) is 9.91 Å². The van der Waals surface area contributed by atoms with E-state index in [1.54, 1.807) is 5.01 Å². The average Bonchev–Trinajstić information content (AvgIpc) is 3.13. The molecule has 1 amide bonds. The lowest BCUT2D eigenvalue weighted by Gasteiger charge is -2.30. The molecule has 128 valence electrons. The van der Waals surface area contributed by atoms with Gasteiger partial charge in [0.15, 0.2) is 0 Å². The number of likely N-dealkylation sites (tertiary alicyclic amines) is 1. The van der Waals surface area contributed by atoms with Crippen LogP contribution in [0, 0.1) is 5.92 Å². The third-order valence-electron chi connectivity index (χ3n) is 4.68. The first-order valence-electron chi connectivity index (χ1n) is 8.41. The Morgan fingerprint density at radius 2 is 1.88 bits per heavy atom. The first-order valence-corrected chi connectivity index (χ1v) is 8.41. The molecule has 0 unspecified atom stereocenters. The van der Waals surface area contributed by atoms with E-state index in [1.807, 2.05) is 30.3 Å². The van der Waals surface area contributed by atoms with Gasteiger partial charge in [-0.25, -0.2) is 5.01 Å². The number of piperidine rings is 1. The highest BCUT2D eigenvalue weighted by molar-refractivity contribution is 6.02. The Balaban J connectivity index is 1.52. The summed E-state index contributed by atoms with van der Waals surface area (Å²) in [6.45, 7) is 2.49. The van der Waals surface area contributed by atoms with Gasteiger partial charge >= 0.3 is 5.97 Å². The standard InChI is InChI=1S/C18H23N3O3/c1-24-18(23)15-7-10-20(11-8-15)13-17(22)21-12-9-16(19-21)14-5-3-2-4-6-14/h2-6,15H,7-13H2,1H3. The number of benzene rings is 1. The molecule has 0 bridgehead atoms. The number of rotatable bonds is 4. The maximum atomic E-state index is 12.4. The van der Waals surface area contributed by atoms with E-state index in [4.69, 9.17) is 4.74 Å². The van der Waals surface area contributed by atoms with Crippen LogP contribution >= 0.6 is 0 Å². The van der Waals surface area contributed by atoms with Crippen LogP contribution in [0.5, 0.6) is 0 Å². The molecule has 6 heteroatoms. The third-order valence-corrected chi connectivity index (χ3v) is 4.68. The van der Waals surface area contributed by atoms with E-state index in [2.05, 4.69) is 10.0 Å². The summed E-state index contributed by atoms with van der Waals surface area (Å²) in [6.07, 6.45) is 2.29. The van der Waals surface area contributed by atoms with Gasteiger partial charge in [-0.3, -0.25) is 14.5 Å². The van der Waals surface area contributed by atoms with E-state index in [0.717, 1.165) is 43.6 Å². The molecule has 1 aromatic rings. The summed E-state index contributed by atoms with van der Waals surface area (Å²) < 4.78 is 4.79. The highest BCUT2D eigenvalue weighted by atomic mass is 16.5. The normalized spacial score (nSPS) is 19.2. The second-order valence-corrected chi connectivity index (χ2v) is 6.25. The molecule has 1 saturated heterocycles. The van der Waals surface area contributed by atoms with Gasteiger partial charge in [0, 0.05) is 6.42 Å². The van der Waals surface area contributed by atoms with Gasteiger partial charge in [0.05, 0.1) is 31.8 Å². The number of amides is 1. The van der Waals surface area contributed by atoms with Gasteiger partial charge in [-0.15, -0.1) is 0 Å². The van der Waals surface area contributed by atoms with Crippen LogP contribution in [0.15, 0.2) is 35.4 Å². The quantitative estimate of drug-likeness (QED) is 0.786. The second kappa shape index (κ2) is 7.57. The molecule has 2 aliphatic heterocycles. The van der Waals surface area contributed by atoms with E-state index in [9.17, 15) is 9.59 Å². The van der Waals surface area contributed by atoms with Crippen LogP contribution in [-0.2, 0) is 14.3 Å². The highest BCUT2D eigenvalue weighted by Crippen LogP contribution is 2.19. The Hall–Kier alpha value is -2.21. The topological polar surface area (TPSA) is 62.2 Å². The van der Waals surface area contributed by atoms with Crippen molar-refractivity contribution in [2.45, 2.75) is 19.3 Å². The van der Waals surface area contributed by atoms with Crippen LogP contribution in [0.2, 0.25) is 0 Å². The lowest BCUT2D eigenvalue weighted by Crippen LogP contribution is -2.42. The first kappa shape index (κ1) is 16.6. The second-order valence-electron chi connectivity index (χ2n) is 6.25. The molecule has 0 aromatic heterocycles. The van der Waals surface area contributed by atoms with Gasteiger partial charge in [0.2, 0.25) is 0 Å². The SMILES string of the molecule is COC(=O)C1CCN(CC(=O)N2CCC(c3ccccc3)=N2)CC1. The smallest absolute Gasteiger partial charge is 0.308 e. The van der Waals surface area contributed by atoms with Crippen LogP contribution in [0.1, 0.15) is 24.8 Å². The van der Waals surface area contributed by atoms with E-state index >= 15 is 0 Å². The van der Waals surface area contributed by atoms with E-state index in [0.29, 0.717) is 13.1 Å². The maximum Gasteiger partial charge on any atom is 0.308 e. The minimum atomic E-state index is -0.141. The minimum absolute atomic E-state index is 0.0254. The molecule has 2 heterocycles. The fourth-order valence-electron chi connectivity index (χ4n) is 3.24. The number of ether oxygens (including phenoxy) is 1. The molecule has 1 aromatic carbocycles. The predicted octanol–water partition coefficient (Wildman–Crippen LogP) is 1.51. The number of nitrogens with zero attached hydrogens (tertiary/aromatic N) is 3. The highest BCUT2D eigenvalue weighted by Gasteiger charge is 2.28. The van der Waals surface area contributed by atoms with Gasteiger partial charge in [0.1, 0.15) is 0 Å². The Labute approximate surface area is 142 Å². The molecule has 0 saturated carbocycles. The van der Waals surface area contributed by atoms with Crippen LogP contribution in [0.25, 0.3) is 0 Å². The Morgan fingerprint density at radius 1 is 1.17 bits per heavy atom. The molecule has 0 spiro atoms. The van der Waals surface area contributed by atoms with Crippen LogP contribution < -0.4 is 0 Å². The number of hydrazone groups is 1. The zero-order chi connectivity index (χ0) is 16.9. The number of esters is 1. The van der Waals surface area contributed by atoms with E-state index in [1.165, 1.54) is 7.11 Å². The molecule has 24 heavy (non-hydrogen) atoms. The van der Waals surface area contributed by atoms with E-state index in [-0.39, 0.29) is 17.8 Å². The summed E-state index contributed by atoms with van der Waals surface area (Å²) in [5.41, 5.74) is 2.04. The van der Waals surface area contributed by atoms with Gasteiger partial charge in [-0.2, -0.15) is 5.10 Å². The molecule has 0 atom stereocenters. The summed E-state index contributed by atoms with van der Waals surface area (Å²) in [4.78, 5) is 26.1. The number of hydrogen-bond acceptors (Lipinski definition) is 5. The van der Waals surface area contributed by atoms with Gasteiger partial charge in [0.25, 0.3) is 5.91 Å². The Bertz CT molecular complexity index is 622. The molecule has 0 aliphatic carbocycles. The average molecular weight is 329 g/mol. The van der Waals surface area contributed by atoms with Crippen molar-refractivity contribution in [3.05, 3.63) is 35.9 Å². The van der Waals surface area contributed by atoms with Crippen molar-refractivity contribution in [1.29, 1.82) is 0 Å². The van der Waals surface area contributed by atoms with Gasteiger partial charge < -0.3 is 4.74 Å². The van der Waals surface area contributed by atoms with Crippen molar-refractivity contribution < 1.29 is 14.3 Å². The molecule has 3 rings (SSSR count). The monoisotopic (exact) mass is 329 g/mol. The summed E-state index contributed by atoms with van der Waals surface area (Å²) in [7, 11) is 1.42. The number of hydrogen-bond donors (Lipinski definition) is 0. The zero-order valence-electron chi connectivity index (χ0n) is 14.0. The lowest BCUT2D eigenvalue weighted by atomic mass is 9.97. The summed E-state index contributed by atoms with van der Waals surface area (Å²) in [5, 5.41) is 6.06. The summed E-state index contributed by atoms with van der Waals surface area (Å²) in [5.74, 6) is -0.147. The fourth-order valence-corrected chi connectivity index (χ4v) is 3.24. The first-order chi connectivity index (χ1) is 11.7. The molecule has 2 aliphatic rings. The van der Waals surface area contributed by atoms with Crippen molar-refractivity contribution in [3.63, 3.8) is 0 Å². The zero-order valence-corrected chi connectivity index (χ0v) is 14.0. The van der Waals surface area contributed by atoms with Crippen LogP contribution in [0.3, 0.4) is 0 Å². The van der Waals surface area contributed by atoms with Crippen molar-refractivity contribution in [2.75, 3.05) is 33.3 Å². The lowest BCUT2D eigenvalue weighted by molar-refractivity contribution is -0.147. The van der Waals surface area contributed by atoms with Gasteiger partial charge in [-0.05, 0) is 31.5 Å². The largest absolute Gasteiger partial charge is 0.469 e. The number of carbonyl (C=O) groups excluding carboxylic acids is 2. The summed E-state index contributed by atoms with van der Waals surface area (Å²) >= 11 is 0. The van der Waals surface area contributed by atoms with Crippen molar-refractivity contribution >= 4 is 17.6 Å². The fraction of sp³-hybridized carbons (Fsp3) is 0.500. The van der Waals surface area contributed by atoms with E-state index < -0.39 is 0 Å². The Kier molecular flexibility index (Phi) is 5.25. The van der Waals surface area contributed by atoms with Crippen LogP contribution in [0.4, 0.5) is 0 Å². The number of carbonyl (C=O) groups is 2. The molecular formula is C18H23N3O3. The van der Waals surface area contributed by atoms with Crippen molar-refractivity contribution in [3.8, 4) is 0 Å². The van der Waals surface area contributed by atoms with Gasteiger partial charge in [-0.1, -0.05) is 30.3 Å².